The van der Waals surface area contributed by atoms with Crippen LogP contribution in [0.25, 0.3) is 0 Å². The van der Waals surface area contributed by atoms with E-state index in [1.54, 1.807) is 18.2 Å². The summed E-state index contributed by atoms with van der Waals surface area (Å²) >= 11 is 0. The van der Waals surface area contributed by atoms with E-state index in [0.29, 0.717) is 6.61 Å². The molecule has 2 aromatic carbocycles. The molecular formula is C21H26N2O6S2. The van der Waals surface area contributed by atoms with Gasteiger partial charge < -0.3 is 10.1 Å². The zero-order chi connectivity index (χ0) is 22.3. The SMILES string of the molecule is O=C(NCCCS(=O)(=O)c1ccccc1)c1cccc(S(=O)(=O)NCC2CCCO2)c1. The maximum Gasteiger partial charge on any atom is 0.251 e. The molecule has 1 fully saturated rings. The monoisotopic (exact) mass is 466 g/mol. The molecule has 168 valence electrons. The summed E-state index contributed by atoms with van der Waals surface area (Å²) in [7, 11) is -7.18. The van der Waals surface area contributed by atoms with Crippen LogP contribution in [-0.4, -0.2) is 54.3 Å². The van der Waals surface area contributed by atoms with Gasteiger partial charge in [0.25, 0.3) is 5.91 Å². The van der Waals surface area contributed by atoms with Crippen molar-refractivity contribution >= 4 is 25.8 Å². The van der Waals surface area contributed by atoms with Gasteiger partial charge in [0.05, 0.1) is 21.6 Å². The fourth-order valence-electron chi connectivity index (χ4n) is 3.21. The Hall–Kier alpha value is -2.27. The summed E-state index contributed by atoms with van der Waals surface area (Å²) in [6.45, 7) is 0.975. The van der Waals surface area contributed by atoms with Crippen LogP contribution in [0.4, 0.5) is 0 Å². The van der Waals surface area contributed by atoms with Gasteiger partial charge in [-0.15, -0.1) is 0 Å². The number of nitrogens with one attached hydrogen (secondary N) is 2. The number of hydrogen-bond donors (Lipinski definition) is 2. The van der Waals surface area contributed by atoms with Crippen molar-refractivity contribution in [3.05, 3.63) is 60.2 Å². The maximum absolute atomic E-state index is 12.5. The molecule has 1 saturated heterocycles. The minimum Gasteiger partial charge on any atom is -0.377 e. The van der Waals surface area contributed by atoms with Crippen molar-refractivity contribution in [1.29, 1.82) is 0 Å². The Bertz CT molecular complexity index is 1100. The highest BCUT2D eigenvalue weighted by molar-refractivity contribution is 7.91. The summed E-state index contributed by atoms with van der Waals surface area (Å²) in [5.41, 5.74) is 0.186. The molecule has 1 amide bonds. The normalized spacial score (nSPS) is 16.8. The Morgan fingerprint density at radius 3 is 2.45 bits per heavy atom. The van der Waals surface area contributed by atoms with E-state index in [2.05, 4.69) is 10.0 Å². The van der Waals surface area contributed by atoms with Gasteiger partial charge in [0, 0.05) is 25.3 Å². The van der Waals surface area contributed by atoms with Crippen LogP contribution < -0.4 is 10.0 Å². The molecule has 0 aromatic heterocycles. The van der Waals surface area contributed by atoms with Crippen LogP contribution in [0.15, 0.2) is 64.4 Å². The molecule has 0 bridgehead atoms. The Balaban J connectivity index is 1.52. The number of carbonyl (C=O) groups is 1. The first kappa shape index (κ1) is 23.4. The Morgan fingerprint density at radius 2 is 1.74 bits per heavy atom. The highest BCUT2D eigenvalue weighted by Crippen LogP contribution is 2.15. The lowest BCUT2D eigenvalue weighted by molar-refractivity contribution is 0.0953. The van der Waals surface area contributed by atoms with Crippen molar-refractivity contribution in [2.24, 2.45) is 0 Å². The molecule has 2 aromatic rings. The van der Waals surface area contributed by atoms with E-state index in [1.165, 1.54) is 36.4 Å². The minimum atomic E-state index is -3.77. The van der Waals surface area contributed by atoms with E-state index in [0.717, 1.165) is 12.8 Å². The van der Waals surface area contributed by atoms with Crippen LogP contribution in [0.2, 0.25) is 0 Å². The van der Waals surface area contributed by atoms with Crippen molar-refractivity contribution in [3.8, 4) is 0 Å². The van der Waals surface area contributed by atoms with E-state index < -0.39 is 25.8 Å². The van der Waals surface area contributed by atoms with Crippen molar-refractivity contribution in [2.75, 3.05) is 25.4 Å². The lowest BCUT2D eigenvalue weighted by Gasteiger charge is -2.12. The van der Waals surface area contributed by atoms with Crippen molar-refractivity contribution in [2.45, 2.75) is 35.2 Å². The number of hydrogen-bond acceptors (Lipinski definition) is 6. The lowest BCUT2D eigenvalue weighted by Crippen LogP contribution is -2.32. The summed E-state index contributed by atoms with van der Waals surface area (Å²) < 4.78 is 57.5. The fraction of sp³-hybridized carbons (Fsp3) is 0.381. The second-order valence-corrected chi connectivity index (χ2v) is 11.1. The van der Waals surface area contributed by atoms with Gasteiger partial charge >= 0.3 is 0 Å². The molecule has 3 rings (SSSR count). The van der Waals surface area contributed by atoms with Gasteiger partial charge in [-0.2, -0.15) is 0 Å². The smallest absolute Gasteiger partial charge is 0.251 e. The molecule has 1 unspecified atom stereocenters. The number of sulfonamides is 1. The van der Waals surface area contributed by atoms with Crippen molar-refractivity contribution in [1.82, 2.24) is 10.0 Å². The summed E-state index contributed by atoms with van der Waals surface area (Å²) in [4.78, 5) is 12.6. The molecule has 0 radical (unpaired) electrons. The van der Waals surface area contributed by atoms with Gasteiger partial charge in [-0.1, -0.05) is 24.3 Å². The Morgan fingerprint density at radius 1 is 1.00 bits per heavy atom. The number of rotatable bonds is 10. The molecule has 0 spiro atoms. The highest BCUT2D eigenvalue weighted by Gasteiger charge is 2.21. The van der Waals surface area contributed by atoms with E-state index in [-0.39, 0.29) is 46.7 Å². The largest absolute Gasteiger partial charge is 0.377 e. The van der Waals surface area contributed by atoms with Crippen LogP contribution in [-0.2, 0) is 24.6 Å². The van der Waals surface area contributed by atoms with E-state index in [9.17, 15) is 21.6 Å². The lowest BCUT2D eigenvalue weighted by atomic mass is 10.2. The van der Waals surface area contributed by atoms with E-state index in [4.69, 9.17) is 4.74 Å². The second-order valence-electron chi connectivity index (χ2n) is 7.26. The molecule has 1 heterocycles. The Labute approximate surface area is 183 Å². The molecule has 10 heteroatoms. The van der Waals surface area contributed by atoms with Crippen LogP contribution in [0, 0.1) is 0 Å². The summed E-state index contributed by atoms with van der Waals surface area (Å²) in [5, 5.41) is 2.64. The number of benzene rings is 2. The molecule has 1 aliphatic rings. The highest BCUT2D eigenvalue weighted by atomic mass is 32.2. The number of ether oxygens (including phenoxy) is 1. The molecule has 0 aliphatic carbocycles. The topological polar surface area (TPSA) is 119 Å². The first-order valence-corrected chi connectivity index (χ1v) is 13.2. The molecule has 0 saturated carbocycles. The van der Waals surface area contributed by atoms with Gasteiger partial charge in [0.15, 0.2) is 9.84 Å². The molecule has 8 nitrogen and oxygen atoms in total. The third-order valence-corrected chi connectivity index (χ3v) is 8.15. The van der Waals surface area contributed by atoms with Gasteiger partial charge in [-0.3, -0.25) is 4.79 Å². The van der Waals surface area contributed by atoms with E-state index >= 15 is 0 Å². The molecule has 1 atom stereocenters. The van der Waals surface area contributed by atoms with Crippen molar-refractivity contribution < 1.29 is 26.4 Å². The summed E-state index contributed by atoms with van der Waals surface area (Å²) in [5.74, 6) is -0.563. The second kappa shape index (κ2) is 10.4. The van der Waals surface area contributed by atoms with Crippen LogP contribution >= 0.6 is 0 Å². The van der Waals surface area contributed by atoms with Gasteiger partial charge in [-0.25, -0.2) is 21.6 Å². The van der Waals surface area contributed by atoms with Gasteiger partial charge in [0.2, 0.25) is 10.0 Å². The Kier molecular flexibility index (Phi) is 7.82. The quantitative estimate of drug-likeness (QED) is 0.515. The fourth-order valence-corrected chi connectivity index (χ4v) is 5.65. The van der Waals surface area contributed by atoms with Crippen LogP contribution in [0.1, 0.15) is 29.6 Å². The predicted molar refractivity (Wildman–Crippen MR) is 116 cm³/mol. The molecular weight excluding hydrogens is 440 g/mol. The van der Waals surface area contributed by atoms with E-state index in [1.807, 2.05) is 0 Å². The zero-order valence-electron chi connectivity index (χ0n) is 17.0. The molecule has 2 N–H and O–H groups in total. The van der Waals surface area contributed by atoms with Crippen molar-refractivity contribution in [3.63, 3.8) is 0 Å². The summed E-state index contributed by atoms with van der Waals surface area (Å²) in [6, 6.07) is 13.8. The summed E-state index contributed by atoms with van der Waals surface area (Å²) in [6.07, 6.45) is 1.83. The van der Waals surface area contributed by atoms with Gasteiger partial charge in [0.1, 0.15) is 0 Å². The number of amides is 1. The maximum atomic E-state index is 12.5. The van der Waals surface area contributed by atoms with Gasteiger partial charge in [-0.05, 0) is 49.6 Å². The minimum absolute atomic E-state index is 0.00944. The van der Waals surface area contributed by atoms with Crippen LogP contribution in [0.3, 0.4) is 0 Å². The predicted octanol–water partition coefficient (Wildman–Crippen LogP) is 1.74. The zero-order valence-corrected chi connectivity index (χ0v) is 18.6. The number of carbonyl (C=O) groups excluding carboxylic acids is 1. The third-order valence-electron chi connectivity index (χ3n) is 4.91. The first-order valence-electron chi connectivity index (χ1n) is 10.1. The molecule has 1 aliphatic heterocycles. The average Bonchev–Trinajstić information content (AvgIpc) is 3.30. The third kappa shape index (κ3) is 6.60. The number of sulfone groups is 1. The van der Waals surface area contributed by atoms with Crippen LogP contribution in [0.5, 0.6) is 0 Å². The average molecular weight is 467 g/mol. The standard InChI is InChI=1S/C21H26N2O6S2/c24-21(22-12-6-14-30(25,26)19-9-2-1-3-10-19)17-7-4-11-20(15-17)31(27,28)23-16-18-8-5-13-29-18/h1-4,7,9-11,15,18,23H,5-6,8,12-14,16H2,(H,22,24). The molecule has 31 heavy (non-hydrogen) atoms. The first-order chi connectivity index (χ1) is 14.8.